The largest absolute Gasteiger partial charge is 0.396 e. The summed E-state index contributed by atoms with van der Waals surface area (Å²) in [6.45, 7) is 1.44. The molecule has 4 heteroatoms. The van der Waals surface area contributed by atoms with Gasteiger partial charge in [-0.2, -0.15) is 0 Å². The maximum absolute atomic E-state index is 11.8. The van der Waals surface area contributed by atoms with Crippen LogP contribution in [0.15, 0.2) is 30.3 Å². The van der Waals surface area contributed by atoms with Gasteiger partial charge in [0.2, 0.25) is 0 Å². The fraction of sp³-hybridized carbons (Fsp3) is 0.588. The van der Waals surface area contributed by atoms with E-state index in [0.717, 1.165) is 24.4 Å². The van der Waals surface area contributed by atoms with Gasteiger partial charge in [-0.1, -0.05) is 49.6 Å². The molecule has 2 rings (SSSR count). The van der Waals surface area contributed by atoms with E-state index in [-0.39, 0.29) is 18.6 Å². The van der Waals surface area contributed by atoms with E-state index in [0.29, 0.717) is 13.0 Å². The summed E-state index contributed by atoms with van der Waals surface area (Å²) < 4.78 is 0. The Balaban J connectivity index is 1.69. The van der Waals surface area contributed by atoms with Crippen molar-refractivity contribution in [2.24, 2.45) is 5.92 Å². The van der Waals surface area contributed by atoms with Crippen molar-refractivity contribution in [3.05, 3.63) is 35.9 Å². The number of hydrogen-bond donors (Lipinski definition) is 3. The van der Waals surface area contributed by atoms with Crippen LogP contribution in [0.25, 0.3) is 0 Å². The quantitative estimate of drug-likeness (QED) is 0.689. The second-order valence-electron chi connectivity index (χ2n) is 5.84. The summed E-state index contributed by atoms with van der Waals surface area (Å²) >= 11 is 0. The first-order chi connectivity index (χ1) is 10.3. The molecule has 1 aliphatic rings. The van der Waals surface area contributed by atoms with Gasteiger partial charge in [-0.05, 0) is 24.3 Å². The van der Waals surface area contributed by atoms with Crippen molar-refractivity contribution in [1.82, 2.24) is 10.6 Å². The van der Waals surface area contributed by atoms with E-state index in [1.165, 1.54) is 19.3 Å². The molecule has 1 unspecified atom stereocenters. The van der Waals surface area contributed by atoms with Crippen LogP contribution >= 0.6 is 0 Å². The third-order valence-electron chi connectivity index (χ3n) is 4.32. The molecule has 0 bridgehead atoms. The van der Waals surface area contributed by atoms with E-state index >= 15 is 0 Å². The minimum absolute atomic E-state index is 0.104. The first-order valence-electron chi connectivity index (χ1n) is 7.97. The highest BCUT2D eigenvalue weighted by atomic mass is 16.3. The zero-order chi connectivity index (χ0) is 14.9. The monoisotopic (exact) mass is 290 g/mol. The van der Waals surface area contributed by atoms with E-state index in [9.17, 15) is 9.90 Å². The summed E-state index contributed by atoms with van der Waals surface area (Å²) in [5.41, 5.74) is 1.15. The van der Waals surface area contributed by atoms with E-state index in [1.807, 2.05) is 30.3 Å². The van der Waals surface area contributed by atoms with Crippen LogP contribution in [0.4, 0.5) is 4.79 Å². The van der Waals surface area contributed by atoms with E-state index in [2.05, 4.69) is 10.6 Å². The molecule has 21 heavy (non-hydrogen) atoms. The van der Waals surface area contributed by atoms with Crippen molar-refractivity contribution in [2.45, 2.75) is 38.0 Å². The van der Waals surface area contributed by atoms with Crippen LogP contribution in [0.5, 0.6) is 0 Å². The van der Waals surface area contributed by atoms with Gasteiger partial charge in [-0.3, -0.25) is 0 Å². The van der Waals surface area contributed by atoms with Gasteiger partial charge >= 0.3 is 6.03 Å². The number of urea groups is 1. The lowest BCUT2D eigenvalue weighted by molar-refractivity contribution is 0.234. The number of carbonyl (C=O) groups excluding carboxylic acids is 1. The molecule has 0 aromatic heterocycles. The van der Waals surface area contributed by atoms with Crippen LogP contribution in [-0.4, -0.2) is 30.8 Å². The van der Waals surface area contributed by atoms with Crippen LogP contribution in [0.3, 0.4) is 0 Å². The summed E-state index contributed by atoms with van der Waals surface area (Å²) in [6.07, 6.45) is 5.72. The molecule has 1 saturated carbocycles. The molecule has 3 N–H and O–H groups in total. The van der Waals surface area contributed by atoms with Crippen LogP contribution in [0.1, 0.15) is 43.6 Å². The Bertz CT molecular complexity index is 418. The minimum atomic E-state index is -0.104. The Morgan fingerprint density at radius 3 is 2.62 bits per heavy atom. The Hall–Kier alpha value is -1.55. The van der Waals surface area contributed by atoms with E-state index < -0.39 is 0 Å². The highest BCUT2D eigenvalue weighted by molar-refractivity contribution is 5.73. The Morgan fingerprint density at radius 1 is 1.24 bits per heavy atom. The number of carbonyl (C=O) groups is 1. The minimum Gasteiger partial charge on any atom is -0.396 e. The Labute approximate surface area is 126 Å². The molecule has 2 amide bonds. The first-order valence-corrected chi connectivity index (χ1v) is 7.97. The molecule has 1 fully saturated rings. The summed E-state index contributed by atoms with van der Waals surface area (Å²) in [6, 6.07) is 9.91. The fourth-order valence-electron chi connectivity index (χ4n) is 2.72. The number of aliphatic hydroxyl groups is 1. The molecule has 0 aliphatic heterocycles. The Kier molecular flexibility index (Phi) is 6.54. The molecule has 4 nitrogen and oxygen atoms in total. The van der Waals surface area contributed by atoms with Gasteiger partial charge in [0.05, 0.1) is 0 Å². The van der Waals surface area contributed by atoms with Crippen molar-refractivity contribution in [3.8, 4) is 0 Å². The molecule has 1 aromatic carbocycles. The topological polar surface area (TPSA) is 61.4 Å². The summed E-state index contributed by atoms with van der Waals surface area (Å²) in [5, 5.41) is 15.0. The van der Waals surface area contributed by atoms with Crippen molar-refractivity contribution in [1.29, 1.82) is 0 Å². The van der Waals surface area contributed by atoms with Crippen LogP contribution in [0, 0.1) is 5.92 Å². The number of amides is 2. The van der Waals surface area contributed by atoms with E-state index in [1.54, 1.807) is 0 Å². The molecule has 0 spiro atoms. The van der Waals surface area contributed by atoms with Gasteiger partial charge in [-0.25, -0.2) is 4.79 Å². The molecule has 1 aromatic rings. The summed E-state index contributed by atoms with van der Waals surface area (Å²) in [5.74, 6) is 0.977. The Morgan fingerprint density at radius 2 is 2.00 bits per heavy atom. The molecule has 0 saturated heterocycles. The molecule has 1 atom stereocenters. The molecule has 0 heterocycles. The van der Waals surface area contributed by atoms with Gasteiger partial charge in [0.1, 0.15) is 0 Å². The van der Waals surface area contributed by atoms with Crippen LogP contribution in [-0.2, 0) is 0 Å². The molecular weight excluding hydrogens is 264 g/mol. The maximum atomic E-state index is 11.8. The maximum Gasteiger partial charge on any atom is 0.314 e. The van der Waals surface area contributed by atoms with Crippen molar-refractivity contribution >= 4 is 6.03 Å². The number of hydrogen-bond acceptors (Lipinski definition) is 2. The van der Waals surface area contributed by atoms with Gasteiger partial charge < -0.3 is 15.7 Å². The molecule has 0 radical (unpaired) electrons. The average molecular weight is 290 g/mol. The number of nitrogens with one attached hydrogen (secondary N) is 2. The second-order valence-corrected chi connectivity index (χ2v) is 5.84. The molecule has 116 valence electrons. The highest BCUT2D eigenvalue weighted by Gasteiger charge is 2.17. The van der Waals surface area contributed by atoms with Crippen molar-refractivity contribution < 1.29 is 9.90 Å². The number of benzene rings is 1. The highest BCUT2D eigenvalue weighted by Crippen LogP contribution is 2.28. The predicted molar refractivity (Wildman–Crippen MR) is 84.2 cm³/mol. The van der Waals surface area contributed by atoms with Gasteiger partial charge in [0, 0.05) is 25.6 Å². The second kappa shape index (κ2) is 8.67. The van der Waals surface area contributed by atoms with Crippen LogP contribution in [0.2, 0.25) is 0 Å². The average Bonchev–Trinajstić information content (AvgIpc) is 2.47. The third-order valence-corrected chi connectivity index (χ3v) is 4.32. The smallest absolute Gasteiger partial charge is 0.314 e. The first kappa shape index (κ1) is 15.8. The van der Waals surface area contributed by atoms with Gasteiger partial charge in [-0.15, -0.1) is 0 Å². The standard InChI is InChI=1S/C17H26N2O2/c20-12-10-16(15-7-2-1-3-8-15)13-19-17(21)18-11-9-14-5-4-6-14/h1-3,7-8,14,16,20H,4-6,9-13H2,(H2,18,19,21). The van der Waals surface area contributed by atoms with Crippen molar-refractivity contribution in [2.75, 3.05) is 19.7 Å². The van der Waals surface area contributed by atoms with Gasteiger partial charge in [0.15, 0.2) is 0 Å². The third kappa shape index (κ3) is 5.38. The zero-order valence-corrected chi connectivity index (χ0v) is 12.6. The lowest BCUT2D eigenvalue weighted by atomic mass is 9.83. The summed E-state index contributed by atoms with van der Waals surface area (Å²) in [4.78, 5) is 11.8. The predicted octanol–water partition coefficient (Wildman–Crippen LogP) is 2.64. The number of rotatable bonds is 8. The van der Waals surface area contributed by atoms with Gasteiger partial charge in [0.25, 0.3) is 0 Å². The lowest BCUT2D eigenvalue weighted by Crippen LogP contribution is -2.39. The van der Waals surface area contributed by atoms with E-state index in [4.69, 9.17) is 0 Å². The van der Waals surface area contributed by atoms with Crippen molar-refractivity contribution in [3.63, 3.8) is 0 Å². The zero-order valence-electron chi connectivity index (χ0n) is 12.6. The lowest BCUT2D eigenvalue weighted by Gasteiger charge is -2.25. The van der Waals surface area contributed by atoms with Crippen LogP contribution < -0.4 is 10.6 Å². The molecular formula is C17H26N2O2. The summed E-state index contributed by atoms with van der Waals surface area (Å²) in [7, 11) is 0. The number of aliphatic hydroxyl groups excluding tert-OH is 1. The normalized spacial score (nSPS) is 16.0. The fourth-order valence-corrected chi connectivity index (χ4v) is 2.72. The molecule has 1 aliphatic carbocycles. The SMILES string of the molecule is O=C(NCCC1CCC1)NCC(CCO)c1ccccc1.